The first kappa shape index (κ1) is 17.8. The number of amidine groups is 1. The number of aromatic nitrogens is 1. The van der Waals surface area contributed by atoms with Crippen LogP contribution in [0.1, 0.15) is 52.5 Å². The fourth-order valence-corrected chi connectivity index (χ4v) is 5.91. The molecule has 31 heavy (non-hydrogen) atoms. The number of pyridine rings is 1. The van der Waals surface area contributed by atoms with E-state index >= 15 is 0 Å². The molecule has 0 radical (unpaired) electrons. The second-order valence-electron chi connectivity index (χ2n) is 9.03. The third-order valence-corrected chi connectivity index (χ3v) is 7.28. The number of nitrogens with zero attached hydrogens (tertiary/aromatic N) is 2. The summed E-state index contributed by atoms with van der Waals surface area (Å²) in [6.07, 6.45) is 6.89. The Labute approximate surface area is 186 Å². The average Bonchev–Trinajstić information content (AvgIpc) is 3.18. The standard InChI is InChI=1S/C26H29N3O2/c1-4-5-18-10-21(15-28-14-18)19-6-7-20-13-25(9-8-23(30-3)17(2)12-25)26(22(20)11-19)16-31-24(27)29-26/h6-7,10-11,14-15,17,23H,8-9,12-13,16H2,1-3H3,(H2,27,29)/t17-,23-,25-,26-/m0/s1/i16D2. The first-order valence-corrected chi connectivity index (χ1v) is 10.8. The topological polar surface area (TPSA) is 69.7 Å². The highest BCUT2D eigenvalue weighted by Gasteiger charge is 2.62. The fourth-order valence-electron chi connectivity index (χ4n) is 5.91. The van der Waals surface area contributed by atoms with Gasteiger partial charge in [-0.2, -0.15) is 0 Å². The summed E-state index contributed by atoms with van der Waals surface area (Å²) >= 11 is 0. The number of nitrogens with two attached hydrogens (primary N) is 1. The molecular formula is C26H29N3O2. The van der Waals surface area contributed by atoms with Crippen LogP contribution in [0.4, 0.5) is 0 Å². The van der Waals surface area contributed by atoms with Crippen molar-refractivity contribution in [3.8, 4) is 23.0 Å². The number of benzene rings is 1. The highest BCUT2D eigenvalue weighted by Crippen LogP contribution is 2.62. The van der Waals surface area contributed by atoms with E-state index in [9.17, 15) is 0 Å². The van der Waals surface area contributed by atoms with E-state index in [1.807, 2.05) is 12.3 Å². The van der Waals surface area contributed by atoms with Crippen LogP contribution in [-0.2, 0) is 21.4 Å². The lowest BCUT2D eigenvalue weighted by Crippen LogP contribution is -2.48. The third kappa shape index (κ3) is 3.04. The van der Waals surface area contributed by atoms with Crippen molar-refractivity contribution in [1.29, 1.82) is 0 Å². The van der Waals surface area contributed by atoms with E-state index in [-0.39, 0.29) is 18.0 Å². The summed E-state index contributed by atoms with van der Waals surface area (Å²) in [7, 11) is 1.75. The van der Waals surface area contributed by atoms with E-state index in [0.29, 0.717) is 0 Å². The molecule has 0 saturated heterocycles. The van der Waals surface area contributed by atoms with Gasteiger partial charge < -0.3 is 15.2 Å². The van der Waals surface area contributed by atoms with Crippen LogP contribution >= 0.6 is 0 Å². The van der Waals surface area contributed by atoms with E-state index in [1.165, 1.54) is 0 Å². The Morgan fingerprint density at radius 2 is 2.16 bits per heavy atom. The van der Waals surface area contributed by atoms with Crippen LogP contribution in [0.3, 0.4) is 0 Å². The zero-order valence-corrected chi connectivity index (χ0v) is 18.2. The maximum atomic E-state index is 8.97. The van der Waals surface area contributed by atoms with Gasteiger partial charge in [-0.05, 0) is 67.3 Å². The lowest BCUT2D eigenvalue weighted by atomic mass is 9.59. The molecule has 1 aliphatic heterocycles. The number of ether oxygens (including phenoxy) is 2. The van der Waals surface area contributed by atoms with Gasteiger partial charge in [-0.15, -0.1) is 5.92 Å². The van der Waals surface area contributed by atoms with E-state index < -0.39 is 17.5 Å². The Kier molecular flexibility index (Phi) is 4.24. The zero-order valence-electron chi connectivity index (χ0n) is 20.2. The van der Waals surface area contributed by atoms with E-state index in [1.54, 1.807) is 20.2 Å². The van der Waals surface area contributed by atoms with Crippen molar-refractivity contribution in [3.05, 3.63) is 53.3 Å². The van der Waals surface area contributed by atoms with Crippen LogP contribution in [0.2, 0.25) is 0 Å². The van der Waals surface area contributed by atoms with E-state index in [2.05, 4.69) is 41.9 Å². The zero-order chi connectivity index (χ0) is 23.4. The molecule has 2 spiro atoms. The van der Waals surface area contributed by atoms with Gasteiger partial charge >= 0.3 is 0 Å². The summed E-state index contributed by atoms with van der Waals surface area (Å²) in [5, 5.41) is 0. The summed E-state index contributed by atoms with van der Waals surface area (Å²) < 4.78 is 29.2. The molecule has 2 heterocycles. The maximum Gasteiger partial charge on any atom is 0.283 e. The molecule has 0 amide bonds. The van der Waals surface area contributed by atoms with Crippen molar-refractivity contribution in [2.45, 2.75) is 51.2 Å². The average molecular weight is 418 g/mol. The van der Waals surface area contributed by atoms with Gasteiger partial charge in [0.25, 0.3) is 6.02 Å². The van der Waals surface area contributed by atoms with Crippen molar-refractivity contribution in [2.24, 2.45) is 22.1 Å². The SMILES string of the molecule is [2H]C1([2H])OC(N)=N[C@]12c1cc(-c3cncc(C#CC)c3)ccc1C[C@@]21CC[C@H](OC)[C@@H](C)C1. The van der Waals surface area contributed by atoms with Gasteiger partial charge in [0.05, 0.1) is 8.85 Å². The summed E-state index contributed by atoms with van der Waals surface area (Å²) in [5.41, 5.74) is 9.10. The number of fused-ring (bicyclic) bond motifs is 3. The number of hydrogen-bond donors (Lipinski definition) is 1. The molecule has 0 bridgehead atoms. The molecule has 160 valence electrons. The molecule has 1 aromatic heterocycles. The Balaban J connectivity index is 1.68. The van der Waals surface area contributed by atoms with Crippen LogP contribution in [0.5, 0.6) is 0 Å². The predicted molar refractivity (Wildman–Crippen MR) is 121 cm³/mol. The van der Waals surface area contributed by atoms with Crippen molar-refractivity contribution < 1.29 is 12.2 Å². The van der Waals surface area contributed by atoms with Gasteiger partial charge in [-0.25, -0.2) is 4.99 Å². The molecule has 3 aliphatic rings. The lowest BCUT2D eigenvalue weighted by Gasteiger charge is -2.47. The largest absolute Gasteiger partial charge is 0.462 e. The van der Waals surface area contributed by atoms with Gasteiger partial charge in [0.1, 0.15) is 12.1 Å². The summed E-state index contributed by atoms with van der Waals surface area (Å²) in [6.45, 7) is 1.94. The quantitative estimate of drug-likeness (QED) is 0.749. The molecule has 0 unspecified atom stereocenters. The molecule has 5 heteroatoms. The Bertz CT molecular complexity index is 1200. The molecule has 2 aliphatic carbocycles. The number of rotatable bonds is 2. The normalized spacial score (nSPS) is 33.7. The second-order valence-corrected chi connectivity index (χ2v) is 9.03. The lowest BCUT2D eigenvalue weighted by molar-refractivity contribution is -0.0445. The van der Waals surface area contributed by atoms with Crippen LogP contribution in [-0.4, -0.2) is 30.8 Å². The molecule has 5 rings (SSSR count). The summed E-state index contributed by atoms with van der Waals surface area (Å²) in [6, 6.07) is 8.16. The summed E-state index contributed by atoms with van der Waals surface area (Å²) in [4.78, 5) is 9.13. The highest BCUT2D eigenvalue weighted by atomic mass is 16.5. The number of methoxy groups -OCH3 is 1. The van der Waals surface area contributed by atoms with Crippen LogP contribution in [0.15, 0.2) is 41.7 Å². The summed E-state index contributed by atoms with van der Waals surface area (Å²) in [5.74, 6) is 6.24. The second kappa shape index (κ2) is 7.39. The van der Waals surface area contributed by atoms with Gasteiger partial charge in [0.15, 0.2) is 0 Å². The van der Waals surface area contributed by atoms with Crippen molar-refractivity contribution >= 4 is 6.02 Å². The minimum absolute atomic E-state index is 0.0824. The Morgan fingerprint density at radius 1 is 1.29 bits per heavy atom. The highest BCUT2D eigenvalue weighted by molar-refractivity contribution is 5.76. The smallest absolute Gasteiger partial charge is 0.283 e. The Morgan fingerprint density at radius 3 is 2.87 bits per heavy atom. The van der Waals surface area contributed by atoms with Gasteiger partial charge in [0, 0.05) is 36.0 Å². The monoisotopic (exact) mass is 417 g/mol. The molecule has 2 N–H and O–H groups in total. The first-order valence-electron chi connectivity index (χ1n) is 11.8. The fraction of sp³-hybridized carbons (Fsp3) is 0.462. The minimum atomic E-state index is -2.05. The molecule has 5 nitrogen and oxygen atoms in total. The molecule has 2 aromatic rings. The number of aliphatic imine (C=N–C) groups is 1. The van der Waals surface area contributed by atoms with Crippen LogP contribution in [0, 0.1) is 23.2 Å². The molecule has 1 fully saturated rings. The predicted octanol–water partition coefficient (Wildman–Crippen LogP) is 4.04. The molecule has 1 saturated carbocycles. The van der Waals surface area contributed by atoms with E-state index in [4.69, 9.17) is 22.9 Å². The first-order chi connectivity index (χ1) is 15.7. The van der Waals surface area contributed by atoms with Crippen molar-refractivity contribution in [2.75, 3.05) is 13.7 Å². The van der Waals surface area contributed by atoms with Gasteiger partial charge in [-0.3, -0.25) is 4.98 Å². The van der Waals surface area contributed by atoms with E-state index in [0.717, 1.165) is 53.5 Å². The third-order valence-electron chi connectivity index (χ3n) is 7.28. The van der Waals surface area contributed by atoms with Crippen molar-refractivity contribution in [3.63, 3.8) is 0 Å². The van der Waals surface area contributed by atoms with Gasteiger partial charge in [0.2, 0.25) is 0 Å². The molecular weight excluding hydrogens is 386 g/mol. The Hall–Kier alpha value is -2.84. The maximum absolute atomic E-state index is 8.97. The molecule has 1 aromatic carbocycles. The van der Waals surface area contributed by atoms with Crippen LogP contribution in [0.25, 0.3) is 11.1 Å². The van der Waals surface area contributed by atoms with Gasteiger partial charge in [-0.1, -0.05) is 25.0 Å². The number of hydrogen-bond acceptors (Lipinski definition) is 5. The van der Waals surface area contributed by atoms with Crippen LogP contribution < -0.4 is 5.73 Å². The van der Waals surface area contributed by atoms with Crippen molar-refractivity contribution in [1.82, 2.24) is 4.98 Å². The minimum Gasteiger partial charge on any atom is -0.462 e. The molecule has 4 atom stereocenters.